The van der Waals surface area contributed by atoms with E-state index in [0.717, 1.165) is 12.8 Å². The molecule has 0 aliphatic heterocycles. The number of amides is 1. The van der Waals surface area contributed by atoms with Gasteiger partial charge in [-0.2, -0.15) is 5.26 Å². The van der Waals surface area contributed by atoms with Crippen molar-refractivity contribution in [3.8, 4) is 6.07 Å². The highest BCUT2D eigenvalue weighted by Crippen LogP contribution is 2.45. The predicted molar refractivity (Wildman–Crippen MR) is 83.8 cm³/mol. The average molecular weight is 284 g/mol. The summed E-state index contributed by atoms with van der Waals surface area (Å²) >= 11 is 0. The van der Waals surface area contributed by atoms with Crippen LogP contribution in [0.2, 0.25) is 0 Å². The quantitative estimate of drug-likeness (QED) is 0.895. The zero-order valence-electron chi connectivity index (χ0n) is 13.4. The van der Waals surface area contributed by atoms with Crippen LogP contribution >= 0.6 is 0 Å². The van der Waals surface area contributed by atoms with Crippen molar-refractivity contribution in [1.29, 1.82) is 5.26 Å². The fraction of sp³-hybridized carbons (Fsp3) is 0.556. The SMILES string of the molecule is CC1(C)CC(NC(=O)c2ccc(C#N)cc2)CC(C)(C)C1. The van der Waals surface area contributed by atoms with Gasteiger partial charge in [0.15, 0.2) is 0 Å². The standard InChI is InChI=1S/C18H24N2O/c1-17(2)9-15(10-18(3,4)12-17)20-16(21)14-7-5-13(11-19)6-8-14/h5-8,15H,9-10,12H2,1-4H3,(H,20,21). The lowest BCUT2D eigenvalue weighted by Gasteiger charge is -2.45. The summed E-state index contributed by atoms with van der Waals surface area (Å²) in [5, 5.41) is 12.0. The summed E-state index contributed by atoms with van der Waals surface area (Å²) in [6.07, 6.45) is 3.21. The topological polar surface area (TPSA) is 52.9 Å². The number of carbonyl (C=O) groups is 1. The Morgan fingerprint density at radius 1 is 1.14 bits per heavy atom. The summed E-state index contributed by atoms with van der Waals surface area (Å²) in [5.41, 5.74) is 1.70. The summed E-state index contributed by atoms with van der Waals surface area (Å²) in [6.45, 7) is 9.09. The van der Waals surface area contributed by atoms with Crippen molar-refractivity contribution in [2.24, 2.45) is 10.8 Å². The largest absolute Gasteiger partial charge is 0.349 e. The molecule has 1 fully saturated rings. The number of nitriles is 1. The zero-order valence-corrected chi connectivity index (χ0v) is 13.4. The predicted octanol–water partition coefficient (Wildman–Crippen LogP) is 3.89. The van der Waals surface area contributed by atoms with Crippen molar-refractivity contribution in [3.05, 3.63) is 35.4 Å². The van der Waals surface area contributed by atoms with Crippen molar-refractivity contribution in [2.45, 2.75) is 53.0 Å². The second-order valence-corrected chi connectivity index (χ2v) is 7.77. The Morgan fingerprint density at radius 3 is 2.14 bits per heavy atom. The molecule has 2 rings (SSSR count). The second-order valence-electron chi connectivity index (χ2n) is 7.77. The third-order valence-corrected chi connectivity index (χ3v) is 4.17. The van der Waals surface area contributed by atoms with Crippen LogP contribution in [-0.4, -0.2) is 11.9 Å². The highest BCUT2D eigenvalue weighted by molar-refractivity contribution is 5.94. The lowest BCUT2D eigenvalue weighted by molar-refractivity contribution is 0.0713. The van der Waals surface area contributed by atoms with Gasteiger partial charge in [-0.05, 0) is 54.4 Å². The number of nitrogens with zero attached hydrogens (tertiary/aromatic N) is 1. The van der Waals surface area contributed by atoms with E-state index in [1.165, 1.54) is 6.42 Å². The van der Waals surface area contributed by atoms with Crippen LogP contribution in [0, 0.1) is 22.2 Å². The smallest absolute Gasteiger partial charge is 0.251 e. The fourth-order valence-electron chi connectivity index (χ4n) is 3.91. The van der Waals surface area contributed by atoms with E-state index in [0.29, 0.717) is 11.1 Å². The van der Waals surface area contributed by atoms with Crippen LogP contribution in [0.25, 0.3) is 0 Å². The number of hydrogen-bond donors (Lipinski definition) is 1. The Hall–Kier alpha value is -1.82. The maximum Gasteiger partial charge on any atom is 0.251 e. The molecule has 1 saturated carbocycles. The van der Waals surface area contributed by atoms with Gasteiger partial charge < -0.3 is 5.32 Å². The van der Waals surface area contributed by atoms with Crippen LogP contribution < -0.4 is 5.32 Å². The molecule has 1 aromatic carbocycles. The van der Waals surface area contributed by atoms with E-state index in [9.17, 15) is 4.79 Å². The Labute approximate surface area is 127 Å². The Balaban J connectivity index is 2.06. The highest BCUT2D eigenvalue weighted by Gasteiger charge is 2.38. The molecule has 0 unspecified atom stereocenters. The van der Waals surface area contributed by atoms with E-state index in [-0.39, 0.29) is 22.8 Å². The highest BCUT2D eigenvalue weighted by atomic mass is 16.1. The summed E-state index contributed by atoms with van der Waals surface area (Å²) in [6, 6.07) is 9.08. The first-order chi connectivity index (χ1) is 9.71. The summed E-state index contributed by atoms with van der Waals surface area (Å²) in [5.74, 6) is -0.0435. The Bertz CT molecular complexity index is 548. The van der Waals surface area contributed by atoms with Crippen LogP contribution in [-0.2, 0) is 0 Å². The molecule has 1 N–H and O–H groups in total. The van der Waals surface area contributed by atoms with Gasteiger partial charge in [0.2, 0.25) is 0 Å². The van der Waals surface area contributed by atoms with Gasteiger partial charge in [-0.3, -0.25) is 4.79 Å². The summed E-state index contributed by atoms with van der Waals surface area (Å²) in [4.78, 5) is 12.3. The molecule has 112 valence electrons. The molecule has 0 radical (unpaired) electrons. The third kappa shape index (κ3) is 4.07. The number of nitrogens with one attached hydrogen (secondary N) is 1. The van der Waals surface area contributed by atoms with Gasteiger partial charge in [0.05, 0.1) is 11.6 Å². The Kier molecular flexibility index (Phi) is 4.09. The molecule has 1 amide bonds. The van der Waals surface area contributed by atoms with Gasteiger partial charge in [-0.15, -0.1) is 0 Å². The number of benzene rings is 1. The molecule has 21 heavy (non-hydrogen) atoms. The van der Waals surface area contributed by atoms with Crippen molar-refractivity contribution in [3.63, 3.8) is 0 Å². The van der Waals surface area contributed by atoms with E-state index in [2.05, 4.69) is 39.1 Å². The van der Waals surface area contributed by atoms with Crippen LogP contribution in [0.1, 0.15) is 62.9 Å². The van der Waals surface area contributed by atoms with Gasteiger partial charge in [0.25, 0.3) is 5.91 Å². The molecular weight excluding hydrogens is 260 g/mol. The number of carbonyl (C=O) groups excluding carboxylic acids is 1. The van der Waals surface area contributed by atoms with Gasteiger partial charge in [-0.1, -0.05) is 27.7 Å². The first-order valence-corrected chi connectivity index (χ1v) is 7.52. The molecule has 0 spiro atoms. The van der Waals surface area contributed by atoms with E-state index in [1.807, 2.05) is 0 Å². The summed E-state index contributed by atoms with van der Waals surface area (Å²) < 4.78 is 0. The molecule has 0 heterocycles. The van der Waals surface area contributed by atoms with Crippen LogP contribution in [0.15, 0.2) is 24.3 Å². The molecule has 0 atom stereocenters. The lowest BCUT2D eigenvalue weighted by Crippen LogP contribution is -2.46. The molecule has 0 saturated heterocycles. The fourth-order valence-corrected chi connectivity index (χ4v) is 3.91. The van der Waals surface area contributed by atoms with Crippen LogP contribution in [0.4, 0.5) is 0 Å². The van der Waals surface area contributed by atoms with E-state index < -0.39 is 0 Å². The zero-order chi connectivity index (χ0) is 15.7. The van der Waals surface area contributed by atoms with Crippen molar-refractivity contribution < 1.29 is 4.79 Å². The van der Waals surface area contributed by atoms with E-state index in [4.69, 9.17) is 5.26 Å². The molecule has 0 aromatic heterocycles. The van der Waals surface area contributed by atoms with Crippen LogP contribution in [0.5, 0.6) is 0 Å². The molecular formula is C18H24N2O. The molecule has 1 aliphatic carbocycles. The molecule has 1 aromatic rings. The lowest BCUT2D eigenvalue weighted by atomic mass is 9.63. The third-order valence-electron chi connectivity index (χ3n) is 4.17. The van der Waals surface area contributed by atoms with E-state index in [1.54, 1.807) is 24.3 Å². The maximum absolute atomic E-state index is 12.3. The maximum atomic E-state index is 12.3. The Morgan fingerprint density at radius 2 is 1.67 bits per heavy atom. The first-order valence-electron chi connectivity index (χ1n) is 7.52. The minimum absolute atomic E-state index is 0.0435. The van der Waals surface area contributed by atoms with Gasteiger partial charge in [0, 0.05) is 11.6 Å². The normalized spacial score (nSPS) is 20.5. The molecule has 3 nitrogen and oxygen atoms in total. The molecule has 0 bridgehead atoms. The number of hydrogen-bond acceptors (Lipinski definition) is 2. The van der Waals surface area contributed by atoms with E-state index >= 15 is 0 Å². The van der Waals surface area contributed by atoms with Crippen molar-refractivity contribution in [1.82, 2.24) is 5.32 Å². The molecule has 1 aliphatic rings. The molecule has 3 heteroatoms. The monoisotopic (exact) mass is 284 g/mol. The second kappa shape index (κ2) is 5.52. The number of rotatable bonds is 2. The average Bonchev–Trinajstić information content (AvgIpc) is 2.35. The van der Waals surface area contributed by atoms with Crippen molar-refractivity contribution in [2.75, 3.05) is 0 Å². The van der Waals surface area contributed by atoms with Gasteiger partial charge in [0.1, 0.15) is 0 Å². The minimum atomic E-state index is -0.0435. The van der Waals surface area contributed by atoms with Crippen LogP contribution in [0.3, 0.4) is 0 Å². The first kappa shape index (κ1) is 15.6. The minimum Gasteiger partial charge on any atom is -0.349 e. The summed E-state index contributed by atoms with van der Waals surface area (Å²) in [7, 11) is 0. The van der Waals surface area contributed by atoms with Gasteiger partial charge in [-0.25, -0.2) is 0 Å². The van der Waals surface area contributed by atoms with Gasteiger partial charge >= 0.3 is 0 Å². The van der Waals surface area contributed by atoms with Crippen molar-refractivity contribution >= 4 is 5.91 Å².